The van der Waals surface area contributed by atoms with Crippen LogP contribution < -0.4 is 0 Å². The Morgan fingerprint density at radius 1 is 1.38 bits per heavy atom. The van der Waals surface area contributed by atoms with E-state index in [-0.39, 0.29) is 17.0 Å². The Hall–Kier alpha value is -2.80. The number of aliphatic carboxylic acids is 1. The van der Waals surface area contributed by atoms with Crippen molar-refractivity contribution in [3.05, 3.63) is 70.3 Å². The van der Waals surface area contributed by atoms with Crippen LogP contribution in [-0.4, -0.2) is 37.2 Å². The van der Waals surface area contributed by atoms with E-state index in [9.17, 15) is 9.59 Å². The zero-order chi connectivity index (χ0) is 16.7. The minimum atomic E-state index is -1.08. The number of carboxylic acid groups (broad SMARTS) is 1. The van der Waals surface area contributed by atoms with Crippen LogP contribution >= 0.6 is 11.8 Å². The topological polar surface area (TPSA) is 86.3 Å². The van der Waals surface area contributed by atoms with Crippen LogP contribution in [0.15, 0.2) is 53.2 Å². The van der Waals surface area contributed by atoms with Gasteiger partial charge in [-0.25, -0.2) is 9.78 Å². The Morgan fingerprint density at radius 2 is 2.17 bits per heavy atom. The Morgan fingerprint density at radius 3 is 2.92 bits per heavy atom. The van der Waals surface area contributed by atoms with Gasteiger partial charge in [-0.05, 0) is 11.6 Å². The Balaban J connectivity index is 1.50. The van der Waals surface area contributed by atoms with Gasteiger partial charge in [0.2, 0.25) is 0 Å². The van der Waals surface area contributed by atoms with Gasteiger partial charge in [0, 0.05) is 11.8 Å². The van der Waals surface area contributed by atoms with Crippen molar-refractivity contribution in [1.82, 2.24) is 14.9 Å². The number of imidazole rings is 1. The summed E-state index contributed by atoms with van der Waals surface area (Å²) in [7, 11) is 0. The summed E-state index contributed by atoms with van der Waals surface area (Å²) in [6.07, 6.45) is 4.12. The maximum atomic E-state index is 12.2. The van der Waals surface area contributed by atoms with E-state index in [1.807, 2.05) is 30.3 Å². The lowest BCUT2D eigenvalue weighted by Gasteiger charge is -2.37. The van der Waals surface area contributed by atoms with E-state index in [1.54, 1.807) is 12.3 Å². The summed E-state index contributed by atoms with van der Waals surface area (Å²) in [6, 6.07) is 9.99. The third-order valence-electron chi connectivity index (χ3n) is 3.93. The molecule has 4 rings (SSSR count). The number of β-lactam (4-membered cyclic amide) rings is 1. The predicted octanol–water partition coefficient (Wildman–Crippen LogP) is 2.22. The number of nitrogens with zero attached hydrogens (tertiary/aromatic N) is 2. The molecule has 1 aromatic heterocycles. The highest BCUT2D eigenvalue weighted by Gasteiger charge is 2.49. The number of thioether (sulfide) groups is 1. The first-order chi connectivity index (χ1) is 11.6. The third kappa shape index (κ3) is 2.43. The highest BCUT2D eigenvalue weighted by molar-refractivity contribution is 8.03. The van der Waals surface area contributed by atoms with Gasteiger partial charge in [0.05, 0.1) is 17.5 Å². The molecule has 0 bridgehead atoms. The van der Waals surface area contributed by atoms with Crippen LogP contribution in [0.3, 0.4) is 0 Å². The fourth-order valence-electron chi connectivity index (χ4n) is 2.76. The minimum Gasteiger partial charge on any atom is -0.477 e. The van der Waals surface area contributed by atoms with Crippen molar-refractivity contribution < 1.29 is 14.7 Å². The first kappa shape index (κ1) is 14.8. The van der Waals surface area contributed by atoms with Crippen molar-refractivity contribution in [1.29, 1.82) is 0 Å². The minimum absolute atomic E-state index is 0.0431. The van der Waals surface area contributed by atoms with Crippen LogP contribution in [0.5, 0.6) is 0 Å². The molecule has 7 heteroatoms. The van der Waals surface area contributed by atoms with Gasteiger partial charge in [-0.15, -0.1) is 11.8 Å². The number of hydrogen-bond acceptors (Lipinski definition) is 4. The van der Waals surface area contributed by atoms with E-state index < -0.39 is 5.97 Å². The van der Waals surface area contributed by atoms with Crippen LogP contribution in [0.4, 0.5) is 0 Å². The van der Waals surface area contributed by atoms with Gasteiger partial charge in [-0.1, -0.05) is 30.3 Å². The van der Waals surface area contributed by atoms with Crippen molar-refractivity contribution in [2.24, 2.45) is 0 Å². The summed E-state index contributed by atoms with van der Waals surface area (Å²) in [6.45, 7) is 0. The Bertz CT molecular complexity index is 885. The Labute approximate surface area is 141 Å². The lowest BCUT2D eigenvalue weighted by atomic mass is 10.0. The number of aromatic nitrogens is 2. The highest BCUT2D eigenvalue weighted by Crippen LogP contribution is 2.44. The van der Waals surface area contributed by atoms with Gasteiger partial charge in [0.15, 0.2) is 0 Å². The van der Waals surface area contributed by atoms with Crippen LogP contribution in [0.1, 0.15) is 17.1 Å². The molecule has 6 nitrogen and oxygen atoms in total. The van der Waals surface area contributed by atoms with Gasteiger partial charge in [-0.2, -0.15) is 0 Å². The van der Waals surface area contributed by atoms with Crippen LogP contribution in [0.2, 0.25) is 0 Å². The monoisotopic (exact) mass is 339 g/mol. The quantitative estimate of drug-likeness (QED) is 0.659. The molecule has 2 N–H and O–H groups in total. The van der Waals surface area contributed by atoms with Crippen molar-refractivity contribution in [2.45, 2.75) is 11.8 Å². The molecular weight excluding hydrogens is 326 g/mol. The fourth-order valence-corrected chi connectivity index (χ4v) is 3.88. The number of H-pyrrole nitrogens is 1. The lowest BCUT2D eigenvalue weighted by molar-refractivity contribution is -0.141. The van der Waals surface area contributed by atoms with Crippen molar-refractivity contribution in [3.8, 4) is 0 Å². The van der Waals surface area contributed by atoms with Gasteiger partial charge < -0.3 is 10.1 Å². The first-order valence-corrected chi connectivity index (χ1v) is 8.29. The summed E-state index contributed by atoms with van der Waals surface area (Å²) in [5.74, 6) is -0.526. The summed E-state index contributed by atoms with van der Waals surface area (Å²) in [5.41, 5.74) is 2.52. The average Bonchev–Trinajstić information content (AvgIpc) is 3.18. The molecule has 2 aliphatic heterocycles. The summed E-state index contributed by atoms with van der Waals surface area (Å²) in [5, 5.41) is 10.3. The zero-order valence-corrected chi connectivity index (χ0v) is 13.3. The molecule has 1 atom stereocenters. The number of aromatic amines is 1. The SMILES string of the molecule is O=C(O)C1=CSC2/C(=C\c3cnc(Cc4ccccc4)[nH]3)C(=O)N12. The molecule has 0 aliphatic carbocycles. The highest BCUT2D eigenvalue weighted by atomic mass is 32.2. The maximum absolute atomic E-state index is 12.2. The number of carbonyl (C=O) groups is 2. The predicted molar refractivity (Wildman–Crippen MR) is 89.8 cm³/mol. The fraction of sp³-hybridized carbons (Fsp3) is 0.118. The summed E-state index contributed by atoms with van der Waals surface area (Å²) < 4.78 is 0. The molecule has 1 unspecified atom stereocenters. The van der Waals surface area contributed by atoms with Gasteiger partial charge in [0.1, 0.15) is 16.9 Å². The lowest BCUT2D eigenvalue weighted by Crippen LogP contribution is -2.51. The van der Waals surface area contributed by atoms with E-state index in [4.69, 9.17) is 5.11 Å². The van der Waals surface area contributed by atoms with E-state index >= 15 is 0 Å². The van der Waals surface area contributed by atoms with E-state index in [1.165, 1.54) is 22.1 Å². The van der Waals surface area contributed by atoms with Crippen LogP contribution in [0.25, 0.3) is 6.08 Å². The van der Waals surface area contributed by atoms with E-state index in [0.29, 0.717) is 12.0 Å². The van der Waals surface area contributed by atoms with Crippen molar-refractivity contribution in [3.63, 3.8) is 0 Å². The first-order valence-electron chi connectivity index (χ1n) is 7.35. The normalized spacial score (nSPS) is 20.8. The number of hydrogen-bond donors (Lipinski definition) is 2. The number of amides is 1. The molecule has 0 radical (unpaired) electrons. The third-order valence-corrected chi connectivity index (χ3v) is 5.01. The molecule has 24 heavy (non-hydrogen) atoms. The van der Waals surface area contributed by atoms with E-state index in [0.717, 1.165) is 17.1 Å². The molecule has 2 aliphatic rings. The molecular formula is C17H13N3O3S. The molecule has 2 aromatic rings. The second kappa shape index (κ2) is 5.68. The molecule has 1 amide bonds. The van der Waals surface area contributed by atoms with Gasteiger partial charge in [-0.3, -0.25) is 9.69 Å². The van der Waals surface area contributed by atoms with E-state index in [2.05, 4.69) is 9.97 Å². The zero-order valence-electron chi connectivity index (χ0n) is 12.5. The smallest absolute Gasteiger partial charge is 0.353 e. The summed E-state index contributed by atoms with van der Waals surface area (Å²) >= 11 is 1.33. The molecule has 0 saturated carbocycles. The van der Waals surface area contributed by atoms with Gasteiger partial charge >= 0.3 is 5.97 Å². The van der Waals surface area contributed by atoms with Gasteiger partial charge in [0.25, 0.3) is 5.91 Å². The molecule has 3 heterocycles. The Kier molecular flexibility index (Phi) is 3.50. The van der Waals surface area contributed by atoms with Crippen molar-refractivity contribution in [2.75, 3.05) is 0 Å². The molecule has 1 aromatic carbocycles. The average molecular weight is 339 g/mol. The number of carboxylic acids is 1. The number of carbonyl (C=O) groups excluding carboxylic acids is 1. The van der Waals surface area contributed by atoms with Crippen LogP contribution in [0, 0.1) is 0 Å². The molecule has 120 valence electrons. The number of benzene rings is 1. The second-order valence-electron chi connectivity index (χ2n) is 5.52. The summed E-state index contributed by atoms with van der Waals surface area (Å²) in [4.78, 5) is 32.1. The number of nitrogens with one attached hydrogen (secondary N) is 1. The number of fused-ring (bicyclic) bond motifs is 1. The molecule has 1 fully saturated rings. The molecule has 0 spiro atoms. The largest absolute Gasteiger partial charge is 0.477 e. The second-order valence-corrected chi connectivity index (χ2v) is 6.47. The number of rotatable bonds is 4. The molecule has 1 saturated heterocycles. The van der Waals surface area contributed by atoms with Crippen LogP contribution in [-0.2, 0) is 16.0 Å². The maximum Gasteiger partial charge on any atom is 0.353 e. The van der Waals surface area contributed by atoms with Crippen molar-refractivity contribution >= 4 is 29.7 Å². The standard InChI is InChI=1S/C17H13N3O3S/c21-15-12(16-20(15)13(9-24-16)17(22)23)7-11-8-18-14(19-11)6-10-4-2-1-3-5-10/h1-5,7-9,16H,6H2,(H,18,19)(H,22,23)/b12-7-.